The fourth-order valence-electron chi connectivity index (χ4n) is 4.57. The smallest absolute Gasteiger partial charge is 0.244 e. The molecule has 1 amide bonds. The summed E-state index contributed by atoms with van der Waals surface area (Å²) >= 11 is 1.35. The number of benzene rings is 1. The lowest BCUT2D eigenvalue weighted by Crippen LogP contribution is -2.43. The number of piperidine rings is 1. The second kappa shape index (κ2) is 9.83. The summed E-state index contributed by atoms with van der Waals surface area (Å²) in [6, 6.07) is 9.40. The standard InChI is InChI=1S/C25H30N4O4S2/c1-3-17-9-11-20(12-10-17)26-24(30)19-8-5-13-29(15-19)35(31,32)22-14-21(34-16(22)2)23-27-25(33-28-23)18-6-4-7-18/h9-12,14,18-19H,3-8,13,15H2,1-2H3,(H,26,30). The number of anilines is 1. The van der Waals surface area contributed by atoms with Crippen LogP contribution in [0, 0.1) is 12.8 Å². The molecule has 1 saturated heterocycles. The molecule has 2 aromatic heterocycles. The number of rotatable bonds is 7. The maximum absolute atomic E-state index is 13.6. The summed E-state index contributed by atoms with van der Waals surface area (Å²) in [5, 5.41) is 7.03. The van der Waals surface area contributed by atoms with Gasteiger partial charge in [0, 0.05) is 29.6 Å². The number of carbonyl (C=O) groups is 1. The highest BCUT2D eigenvalue weighted by Gasteiger charge is 2.35. The third kappa shape index (κ3) is 4.92. The number of aryl methyl sites for hydroxylation is 2. The van der Waals surface area contributed by atoms with Crippen molar-refractivity contribution >= 4 is 33.0 Å². The minimum Gasteiger partial charge on any atom is -0.339 e. The highest BCUT2D eigenvalue weighted by molar-refractivity contribution is 7.89. The van der Waals surface area contributed by atoms with Gasteiger partial charge in [0.05, 0.1) is 15.7 Å². The van der Waals surface area contributed by atoms with Crippen molar-refractivity contribution in [2.45, 2.75) is 63.2 Å². The Morgan fingerprint density at radius 3 is 2.66 bits per heavy atom. The van der Waals surface area contributed by atoms with E-state index < -0.39 is 15.9 Å². The predicted molar refractivity (Wildman–Crippen MR) is 135 cm³/mol. The monoisotopic (exact) mass is 514 g/mol. The number of aromatic nitrogens is 2. The van der Waals surface area contributed by atoms with E-state index in [1.165, 1.54) is 27.6 Å². The number of hydrogen-bond donors (Lipinski definition) is 1. The Morgan fingerprint density at radius 1 is 1.20 bits per heavy atom. The van der Waals surface area contributed by atoms with Gasteiger partial charge >= 0.3 is 0 Å². The van der Waals surface area contributed by atoms with Crippen LogP contribution < -0.4 is 5.32 Å². The molecule has 3 heterocycles. The largest absolute Gasteiger partial charge is 0.339 e. The van der Waals surface area contributed by atoms with Crippen molar-refractivity contribution in [3.63, 3.8) is 0 Å². The number of sulfonamides is 1. The molecule has 1 unspecified atom stereocenters. The van der Waals surface area contributed by atoms with Gasteiger partial charge < -0.3 is 9.84 Å². The second-order valence-corrected chi connectivity index (χ2v) is 12.5. The van der Waals surface area contributed by atoms with Gasteiger partial charge in [-0.1, -0.05) is 30.6 Å². The Balaban J connectivity index is 1.30. The lowest BCUT2D eigenvalue weighted by Gasteiger charge is -2.31. The first-order valence-electron chi connectivity index (χ1n) is 12.2. The Kier molecular flexibility index (Phi) is 6.78. The normalized spacial score (nSPS) is 19.4. The van der Waals surface area contributed by atoms with Gasteiger partial charge in [0.15, 0.2) is 0 Å². The molecular weight excluding hydrogens is 484 g/mol. The van der Waals surface area contributed by atoms with E-state index in [9.17, 15) is 13.2 Å². The second-order valence-electron chi connectivity index (χ2n) is 9.36. The van der Waals surface area contributed by atoms with Gasteiger partial charge in [0.25, 0.3) is 0 Å². The van der Waals surface area contributed by atoms with Crippen molar-refractivity contribution in [1.82, 2.24) is 14.4 Å². The van der Waals surface area contributed by atoms with E-state index in [2.05, 4.69) is 22.4 Å². The van der Waals surface area contributed by atoms with E-state index >= 15 is 0 Å². The molecule has 2 aliphatic rings. The van der Waals surface area contributed by atoms with E-state index in [-0.39, 0.29) is 17.3 Å². The van der Waals surface area contributed by atoms with Crippen LogP contribution in [0.2, 0.25) is 0 Å². The van der Waals surface area contributed by atoms with Crippen molar-refractivity contribution in [2.24, 2.45) is 5.92 Å². The highest BCUT2D eigenvalue weighted by Crippen LogP contribution is 2.38. The molecule has 2 fully saturated rings. The van der Waals surface area contributed by atoms with E-state index in [0.717, 1.165) is 24.9 Å². The number of thiophene rings is 1. The Hall–Kier alpha value is -2.56. The summed E-state index contributed by atoms with van der Waals surface area (Å²) in [5.41, 5.74) is 1.93. The van der Waals surface area contributed by atoms with Gasteiger partial charge in [-0.25, -0.2) is 8.42 Å². The molecule has 1 N–H and O–H groups in total. The predicted octanol–water partition coefficient (Wildman–Crippen LogP) is 4.98. The summed E-state index contributed by atoms with van der Waals surface area (Å²) in [7, 11) is -3.75. The molecule has 186 valence electrons. The highest BCUT2D eigenvalue weighted by atomic mass is 32.2. The molecular formula is C25H30N4O4S2. The van der Waals surface area contributed by atoms with Crippen LogP contribution in [-0.2, 0) is 21.2 Å². The molecule has 0 radical (unpaired) electrons. The zero-order valence-electron chi connectivity index (χ0n) is 20.0. The molecule has 1 aliphatic carbocycles. The van der Waals surface area contributed by atoms with Crippen molar-refractivity contribution in [1.29, 1.82) is 0 Å². The van der Waals surface area contributed by atoms with Crippen LogP contribution in [0.5, 0.6) is 0 Å². The van der Waals surface area contributed by atoms with Crippen LogP contribution in [0.4, 0.5) is 5.69 Å². The fourth-order valence-corrected chi connectivity index (χ4v) is 7.58. The van der Waals surface area contributed by atoms with E-state index in [1.54, 1.807) is 13.0 Å². The number of nitrogens with zero attached hydrogens (tertiary/aromatic N) is 3. The first-order chi connectivity index (χ1) is 16.8. The number of hydrogen-bond acceptors (Lipinski definition) is 7. The lowest BCUT2D eigenvalue weighted by molar-refractivity contribution is -0.120. The molecule has 35 heavy (non-hydrogen) atoms. The maximum atomic E-state index is 13.6. The number of carbonyl (C=O) groups excluding carboxylic acids is 1. The van der Waals surface area contributed by atoms with Crippen LogP contribution in [0.1, 0.15) is 61.3 Å². The van der Waals surface area contributed by atoms with Crippen LogP contribution in [0.25, 0.3) is 10.7 Å². The summed E-state index contributed by atoms with van der Waals surface area (Å²) < 4.78 is 34.0. The van der Waals surface area contributed by atoms with Crippen molar-refractivity contribution in [3.8, 4) is 10.7 Å². The van der Waals surface area contributed by atoms with Gasteiger partial charge in [-0.05, 0) is 62.8 Å². The third-order valence-electron chi connectivity index (χ3n) is 6.99. The molecule has 10 heteroatoms. The molecule has 3 aromatic rings. The molecule has 1 saturated carbocycles. The zero-order chi connectivity index (χ0) is 24.6. The van der Waals surface area contributed by atoms with Gasteiger partial charge in [-0.2, -0.15) is 9.29 Å². The van der Waals surface area contributed by atoms with Gasteiger partial charge in [0.2, 0.25) is 27.6 Å². The summed E-state index contributed by atoms with van der Waals surface area (Å²) in [4.78, 5) is 19.0. The number of nitrogens with one attached hydrogen (secondary N) is 1. The van der Waals surface area contributed by atoms with E-state index in [1.807, 2.05) is 24.3 Å². The van der Waals surface area contributed by atoms with Crippen LogP contribution in [0.15, 0.2) is 39.8 Å². The lowest BCUT2D eigenvalue weighted by atomic mass is 9.85. The molecule has 1 aliphatic heterocycles. The van der Waals surface area contributed by atoms with Crippen molar-refractivity contribution in [3.05, 3.63) is 46.7 Å². The van der Waals surface area contributed by atoms with Crippen LogP contribution in [-0.4, -0.2) is 41.9 Å². The third-order valence-corrected chi connectivity index (χ3v) is 10.2. The Labute approximate surface area is 209 Å². The maximum Gasteiger partial charge on any atom is 0.244 e. The Morgan fingerprint density at radius 2 is 1.97 bits per heavy atom. The van der Waals surface area contributed by atoms with Crippen molar-refractivity contribution in [2.75, 3.05) is 18.4 Å². The fraction of sp³-hybridized carbons (Fsp3) is 0.480. The van der Waals surface area contributed by atoms with Gasteiger partial charge in [-0.3, -0.25) is 4.79 Å². The van der Waals surface area contributed by atoms with E-state index in [0.29, 0.717) is 46.8 Å². The van der Waals surface area contributed by atoms with Crippen LogP contribution >= 0.6 is 11.3 Å². The molecule has 1 aromatic carbocycles. The Bertz CT molecular complexity index is 1310. The molecule has 0 bridgehead atoms. The number of amides is 1. The first kappa shape index (κ1) is 24.1. The topological polar surface area (TPSA) is 105 Å². The van der Waals surface area contributed by atoms with Gasteiger partial charge in [0.1, 0.15) is 0 Å². The quantitative estimate of drug-likeness (QED) is 0.477. The van der Waals surface area contributed by atoms with Gasteiger partial charge in [-0.15, -0.1) is 11.3 Å². The summed E-state index contributed by atoms with van der Waals surface area (Å²) in [6.07, 6.45) is 5.50. The van der Waals surface area contributed by atoms with Crippen LogP contribution in [0.3, 0.4) is 0 Å². The first-order valence-corrected chi connectivity index (χ1v) is 14.4. The summed E-state index contributed by atoms with van der Waals surface area (Å²) in [5.74, 6) is 0.848. The zero-order valence-corrected chi connectivity index (χ0v) is 21.6. The summed E-state index contributed by atoms with van der Waals surface area (Å²) in [6.45, 7) is 4.44. The SMILES string of the molecule is CCc1ccc(NC(=O)C2CCCN(S(=O)(=O)c3cc(-c4noc(C5CCC5)n4)sc3C)C2)cc1. The molecule has 5 rings (SSSR count). The van der Waals surface area contributed by atoms with Crippen molar-refractivity contribution < 1.29 is 17.7 Å². The minimum absolute atomic E-state index is 0.146. The molecule has 1 atom stereocenters. The minimum atomic E-state index is -3.75. The molecule has 0 spiro atoms. The van der Waals surface area contributed by atoms with E-state index in [4.69, 9.17) is 4.52 Å². The average molecular weight is 515 g/mol. The molecule has 8 nitrogen and oxygen atoms in total. The average Bonchev–Trinajstić information content (AvgIpc) is 3.46.